The second kappa shape index (κ2) is 8.11. The molecule has 132 valence electrons. The summed E-state index contributed by atoms with van der Waals surface area (Å²) in [5.74, 6) is 0.829. The molecule has 0 saturated heterocycles. The van der Waals surface area contributed by atoms with E-state index < -0.39 is 0 Å². The second-order valence-electron chi connectivity index (χ2n) is 6.36. The Morgan fingerprint density at radius 1 is 0.593 bits per heavy atom. The van der Waals surface area contributed by atoms with Gasteiger partial charge in [-0.15, -0.1) is 0 Å². The molecule has 0 bridgehead atoms. The minimum absolute atomic E-state index is 0.525. The van der Waals surface area contributed by atoms with Crippen molar-refractivity contribution in [3.8, 4) is 28.0 Å². The highest BCUT2D eigenvalue weighted by atomic mass is 35.5. The minimum Gasteiger partial charge on any atom is -0.488 e. The summed E-state index contributed by atoms with van der Waals surface area (Å²) in [6.45, 7) is 0.525. The van der Waals surface area contributed by atoms with E-state index in [-0.39, 0.29) is 0 Å². The van der Waals surface area contributed by atoms with Gasteiger partial charge in [0.1, 0.15) is 12.4 Å². The van der Waals surface area contributed by atoms with Gasteiger partial charge in [-0.2, -0.15) is 0 Å². The van der Waals surface area contributed by atoms with E-state index in [1.165, 1.54) is 11.1 Å². The zero-order valence-corrected chi connectivity index (χ0v) is 15.6. The van der Waals surface area contributed by atoms with Gasteiger partial charge in [0.25, 0.3) is 0 Å². The minimum atomic E-state index is 0.525. The summed E-state index contributed by atoms with van der Waals surface area (Å²) < 4.78 is 6.09. The molecule has 27 heavy (non-hydrogen) atoms. The molecule has 0 heterocycles. The predicted octanol–water partition coefficient (Wildman–Crippen LogP) is 7.25. The number of hydrogen-bond donors (Lipinski definition) is 0. The molecule has 0 aromatic heterocycles. The molecule has 4 aromatic rings. The molecule has 4 aromatic carbocycles. The fourth-order valence-corrected chi connectivity index (χ4v) is 3.23. The molecule has 0 saturated carbocycles. The van der Waals surface area contributed by atoms with Crippen molar-refractivity contribution >= 4 is 11.6 Å². The van der Waals surface area contributed by atoms with Gasteiger partial charge in [0, 0.05) is 10.6 Å². The summed E-state index contributed by atoms with van der Waals surface area (Å²) in [6.07, 6.45) is 0. The number of benzene rings is 4. The molecule has 0 amide bonds. The van der Waals surface area contributed by atoms with Gasteiger partial charge in [0.2, 0.25) is 0 Å². The summed E-state index contributed by atoms with van der Waals surface area (Å²) in [4.78, 5) is 0. The van der Waals surface area contributed by atoms with Gasteiger partial charge in [-0.3, -0.25) is 0 Å². The highest BCUT2D eigenvalue weighted by Crippen LogP contribution is 2.34. The van der Waals surface area contributed by atoms with Crippen molar-refractivity contribution in [2.75, 3.05) is 0 Å². The molecule has 0 aliphatic heterocycles. The van der Waals surface area contributed by atoms with E-state index >= 15 is 0 Å². The molecule has 0 radical (unpaired) electrons. The van der Waals surface area contributed by atoms with Crippen molar-refractivity contribution in [1.82, 2.24) is 0 Å². The lowest BCUT2D eigenvalue weighted by molar-refractivity contribution is 0.307. The predicted molar refractivity (Wildman–Crippen MR) is 113 cm³/mol. The maximum atomic E-state index is 6.26. The molecule has 0 atom stereocenters. The van der Waals surface area contributed by atoms with E-state index in [1.54, 1.807) is 0 Å². The maximum Gasteiger partial charge on any atom is 0.127 e. The molecule has 0 N–H and O–H groups in total. The first-order valence-electron chi connectivity index (χ1n) is 8.92. The smallest absolute Gasteiger partial charge is 0.127 e. The van der Waals surface area contributed by atoms with E-state index in [0.29, 0.717) is 11.6 Å². The number of halogens is 1. The maximum absolute atomic E-state index is 6.26. The number of rotatable bonds is 5. The Labute approximate surface area is 164 Å². The summed E-state index contributed by atoms with van der Waals surface area (Å²) >= 11 is 6.26. The van der Waals surface area contributed by atoms with Crippen LogP contribution in [0.25, 0.3) is 22.3 Å². The average molecular weight is 371 g/mol. The van der Waals surface area contributed by atoms with Crippen LogP contribution in [0.5, 0.6) is 5.75 Å². The van der Waals surface area contributed by atoms with Crippen LogP contribution >= 0.6 is 11.6 Å². The van der Waals surface area contributed by atoms with E-state index in [0.717, 1.165) is 22.4 Å². The molecule has 1 nitrogen and oxygen atoms in total. The van der Waals surface area contributed by atoms with Crippen LogP contribution in [0, 0.1) is 0 Å². The lowest BCUT2D eigenvalue weighted by Gasteiger charge is -2.13. The van der Waals surface area contributed by atoms with E-state index in [9.17, 15) is 0 Å². The van der Waals surface area contributed by atoms with Crippen molar-refractivity contribution in [2.45, 2.75) is 6.61 Å². The average Bonchev–Trinajstić information content (AvgIpc) is 2.74. The quantitative estimate of drug-likeness (QED) is 0.359. The van der Waals surface area contributed by atoms with Gasteiger partial charge in [-0.05, 0) is 40.5 Å². The van der Waals surface area contributed by atoms with E-state index in [2.05, 4.69) is 60.7 Å². The molecular weight excluding hydrogens is 352 g/mol. The van der Waals surface area contributed by atoms with Crippen molar-refractivity contribution in [1.29, 1.82) is 0 Å². The van der Waals surface area contributed by atoms with Crippen molar-refractivity contribution in [3.05, 3.63) is 114 Å². The van der Waals surface area contributed by atoms with E-state index in [1.807, 2.05) is 42.5 Å². The highest BCUT2D eigenvalue weighted by Gasteiger charge is 2.09. The molecule has 0 spiro atoms. The molecule has 0 unspecified atom stereocenters. The van der Waals surface area contributed by atoms with Gasteiger partial charge in [-0.1, -0.05) is 96.5 Å². The van der Waals surface area contributed by atoms with Gasteiger partial charge < -0.3 is 4.74 Å². The fourth-order valence-electron chi connectivity index (χ4n) is 3.06. The molecule has 0 fully saturated rings. The normalized spacial score (nSPS) is 10.6. The highest BCUT2D eigenvalue weighted by molar-refractivity contribution is 6.31. The summed E-state index contributed by atoms with van der Waals surface area (Å²) in [7, 11) is 0. The second-order valence-corrected chi connectivity index (χ2v) is 6.79. The van der Waals surface area contributed by atoms with Crippen molar-refractivity contribution in [3.63, 3.8) is 0 Å². The van der Waals surface area contributed by atoms with Crippen LogP contribution in [-0.2, 0) is 6.61 Å². The first-order chi connectivity index (χ1) is 13.3. The first-order valence-corrected chi connectivity index (χ1v) is 9.29. The Morgan fingerprint density at radius 2 is 1.19 bits per heavy atom. The van der Waals surface area contributed by atoms with E-state index in [4.69, 9.17) is 16.3 Å². The molecule has 2 heteroatoms. The Bertz CT molecular complexity index is 1010. The lowest BCUT2D eigenvalue weighted by Crippen LogP contribution is -1.97. The molecule has 4 rings (SSSR count). The standard InChI is InChI=1S/C25H19ClO/c26-23-15-16-25(27-18-19-7-3-1-4-8-19)24(17-23)22-13-11-21(12-14-22)20-9-5-2-6-10-20/h1-17H,18H2. The zero-order valence-electron chi connectivity index (χ0n) is 14.8. The number of hydrogen-bond acceptors (Lipinski definition) is 1. The Morgan fingerprint density at radius 3 is 1.89 bits per heavy atom. The Hall–Kier alpha value is -3.03. The molecule has 0 aliphatic rings. The Kier molecular flexibility index (Phi) is 5.22. The third-order valence-corrected chi connectivity index (χ3v) is 4.72. The molecule has 0 aliphatic carbocycles. The summed E-state index contributed by atoms with van der Waals surface area (Å²) in [6, 6.07) is 34.8. The first kappa shape index (κ1) is 17.4. The monoisotopic (exact) mass is 370 g/mol. The van der Waals surface area contributed by atoms with Crippen LogP contribution in [-0.4, -0.2) is 0 Å². The SMILES string of the molecule is Clc1ccc(OCc2ccccc2)c(-c2ccc(-c3ccccc3)cc2)c1. The van der Waals surface area contributed by atoms with Gasteiger partial charge in [0.05, 0.1) is 0 Å². The topological polar surface area (TPSA) is 9.23 Å². The van der Waals surface area contributed by atoms with Gasteiger partial charge in [-0.25, -0.2) is 0 Å². The third kappa shape index (κ3) is 4.21. The van der Waals surface area contributed by atoms with Crippen LogP contribution in [0.4, 0.5) is 0 Å². The Balaban J connectivity index is 1.62. The third-order valence-electron chi connectivity index (χ3n) is 4.48. The van der Waals surface area contributed by atoms with Gasteiger partial charge >= 0.3 is 0 Å². The van der Waals surface area contributed by atoms with Crippen LogP contribution in [0.3, 0.4) is 0 Å². The van der Waals surface area contributed by atoms with Crippen LogP contribution in [0.1, 0.15) is 5.56 Å². The molecular formula is C25H19ClO. The van der Waals surface area contributed by atoms with Crippen molar-refractivity contribution < 1.29 is 4.74 Å². The number of ether oxygens (including phenoxy) is 1. The summed E-state index contributed by atoms with van der Waals surface area (Å²) in [5, 5.41) is 0.698. The van der Waals surface area contributed by atoms with Crippen molar-refractivity contribution in [2.24, 2.45) is 0 Å². The lowest BCUT2D eigenvalue weighted by atomic mass is 10.00. The summed E-state index contributed by atoms with van der Waals surface area (Å²) in [5.41, 5.74) is 5.61. The largest absolute Gasteiger partial charge is 0.488 e. The van der Waals surface area contributed by atoms with Crippen LogP contribution in [0.15, 0.2) is 103 Å². The van der Waals surface area contributed by atoms with Crippen LogP contribution in [0.2, 0.25) is 5.02 Å². The van der Waals surface area contributed by atoms with Crippen LogP contribution < -0.4 is 4.74 Å². The van der Waals surface area contributed by atoms with Gasteiger partial charge in [0.15, 0.2) is 0 Å². The zero-order chi connectivity index (χ0) is 18.5. The fraction of sp³-hybridized carbons (Fsp3) is 0.0400.